The highest BCUT2D eigenvalue weighted by Crippen LogP contribution is 2.38. The van der Waals surface area contributed by atoms with Crippen LogP contribution in [0.25, 0.3) is 0 Å². The molecule has 0 saturated heterocycles. The fraction of sp³-hybridized carbons (Fsp3) is 0.667. The van der Waals surface area contributed by atoms with Gasteiger partial charge in [-0.05, 0) is 55.7 Å². The number of hydrazine groups is 1. The molecule has 3 N–H and O–H groups in total. The monoisotopic (exact) mass is 283 g/mol. The Bertz CT molecular complexity index is 397. The molecule has 112 valence electrons. The molecular formula is C15H23F2N3. The lowest BCUT2D eigenvalue weighted by atomic mass is 9.82. The molecule has 1 aliphatic carbocycles. The van der Waals surface area contributed by atoms with Crippen molar-refractivity contribution in [3.05, 3.63) is 30.1 Å². The van der Waals surface area contributed by atoms with Crippen LogP contribution < -0.4 is 11.3 Å². The average molecular weight is 283 g/mol. The molecule has 5 heteroatoms. The largest absolute Gasteiger partial charge is 0.271 e. The molecule has 1 saturated carbocycles. The van der Waals surface area contributed by atoms with Crippen LogP contribution in [0.15, 0.2) is 24.5 Å². The van der Waals surface area contributed by atoms with Crippen LogP contribution in [0, 0.1) is 5.92 Å². The molecule has 2 rings (SSSR count). The third kappa shape index (κ3) is 4.80. The Hall–Kier alpha value is -1.07. The second-order valence-electron chi connectivity index (χ2n) is 5.81. The van der Waals surface area contributed by atoms with E-state index in [1.807, 2.05) is 12.1 Å². The number of aromatic nitrogens is 1. The summed E-state index contributed by atoms with van der Waals surface area (Å²) in [4.78, 5) is 3.98. The average Bonchev–Trinajstić information content (AvgIpc) is 2.43. The van der Waals surface area contributed by atoms with E-state index in [1.54, 1.807) is 12.4 Å². The second-order valence-corrected chi connectivity index (χ2v) is 5.81. The molecule has 0 radical (unpaired) electrons. The molecule has 0 bridgehead atoms. The van der Waals surface area contributed by atoms with Crippen molar-refractivity contribution in [2.45, 2.75) is 56.9 Å². The van der Waals surface area contributed by atoms with Crippen molar-refractivity contribution in [3.63, 3.8) is 0 Å². The van der Waals surface area contributed by atoms with Gasteiger partial charge in [-0.1, -0.05) is 0 Å². The van der Waals surface area contributed by atoms with Gasteiger partial charge in [0.2, 0.25) is 5.92 Å². The van der Waals surface area contributed by atoms with E-state index in [1.165, 1.54) is 5.56 Å². The first-order chi connectivity index (χ1) is 9.59. The maximum Gasteiger partial charge on any atom is 0.248 e. The van der Waals surface area contributed by atoms with E-state index in [2.05, 4.69) is 10.4 Å². The molecule has 1 aliphatic rings. The maximum absolute atomic E-state index is 13.4. The Morgan fingerprint density at radius 1 is 1.40 bits per heavy atom. The van der Waals surface area contributed by atoms with Gasteiger partial charge in [0.05, 0.1) is 0 Å². The summed E-state index contributed by atoms with van der Waals surface area (Å²) in [5, 5.41) is 0. The summed E-state index contributed by atoms with van der Waals surface area (Å²) in [6.07, 6.45) is 7.59. The zero-order valence-corrected chi connectivity index (χ0v) is 11.7. The first-order valence-electron chi connectivity index (χ1n) is 7.32. The number of rotatable bonds is 6. The minimum Gasteiger partial charge on any atom is -0.271 e. The third-order valence-corrected chi connectivity index (χ3v) is 4.13. The molecular weight excluding hydrogens is 260 g/mol. The van der Waals surface area contributed by atoms with Gasteiger partial charge in [0, 0.05) is 31.3 Å². The summed E-state index contributed by atoms with van der Waals surface area (Å²) in [5.41, 5.74) is 3.99. The summed E-state index contributed by atoms with van der Waals surface area (Å²) in [6.45, 7) is 0. The van der Waals surface area contributed by atoms with Crippen molar-refractivity contribution >= 4 is 0 Å². The maximum atomic E-state index is 13.4. The lowest BCUT2D eigenvalue weighted by Crippen LogP contribution is -2.38. The van der Waals surface area contributed by atoms with Gasteiger partial charge < -0.3 is 0 Å². The smallest absolute Gasteiger partial charge is 0.248 e. The van der Waals surface area contributed by atoms with E-state index in [9.17, 15) is 8.78 Å². The lowest BCUT2D eigenvalue weighted by molar-refractivity contribution is -0.0548. The number of pyridine rings is 1. The van der Waals surface area contributed by atoms with Crippen molar-refractivity contribution in [1.82, 2.24) is 10.4 Å². The van der Waals surface area contributed by atoms with E-state index in [0.29, 0.717) is 6.42 Å². The van der Waals surface area contributed by atoms with Gasteiger partial charge in [0.25, 0.3) is 0 Å². The molecule has 1 aromatic heterocycles. The zero-order chi connectivity index (χ0) is 14.4. The Balaban J connectivity index is 1.80. The molecule has 2 atom stereocenters. The minimum atomic E-state index is -2.48. The highest BCUT2D eigenvalue weighted by molar-refractivity contribution is 5.09. The molecule has 1 fully saturated rings. The summed E-state index contributed by atoms with van der Waals surface area (Å²) >= 11 is 0. The van der Waals surface area contributed by atoms with Crippen LogP contribution in [-0.4, -0.2) is 16.9 Å². The lowest BCUT2D eigenvalue weighted by Gasteiger charge is -2.31. The van der Waals surface area contributed by atoms with Crippen LogP contribution in [0.3, 0.4) is 0 Å². The predicted molar refractivity (Wildman–Crippen MR) is 75.2 cm³/mol. The van der Waals surface area contributed by atoms with Crippen molar-refractivity contribution in [3.8, 4) is 0 Å². The topological polar surface area (TPSA) is 50.9 Å². The summed E-state index contributed by atoms with van der Waals surface area (Å²) in [7, 11) is 0. The predicted octanol–water partition coefficient (Wildman–Crippen LogP) is 3.06. The molecule has 20 heavy (non-hydrogen) atoms. The molecule has 1 heterocycles. The van der Waals surface area contributed by atoms with Gasteiger partial charge in [-0.25, -0.2) is 8.78 Å². The second kappa shape index (κ2) is 7.09. The number of hydrogen-bond donors (Lipinski definition) is 2. The van der Waals surface area contributed by atoms with Gasteiger partial charge in [-0.2, -0.15) is 0 Å². The van der Waals surface area contributed by atoms with Crippen molar-refractivity contribution in [2.75, 3.05) is 0 Å². The fourth-order valence-electron chi connectivity index (χ4n) is 3.04. The summed E-state index contributed by atoms with van der Waals surface area (Å²) in [6, 6.07) is 4.05. The normalized spacial score (nSPS) is 23.4. The molecule has 0 aromatic carbocycles. The molecule has 1 aromatic rings. The number of nitrogens with zero attached hydrogens (tertiary/aromatic N) is 1. The highest BCUT2D eigenvalue weighted by Gasteiger charge is 2.36. The Morgan fingerprint density at radius 2 is 2.15 bits per heavy atom. The highest BCUT2D eigenvalue weighted by atomic mass is 19.3. The van der Waals surface area contributed by atoms with E-state index >= 15 is 0 Å². The van der Waals surface area contributed by atoms with Gasteiger partial charge in [-0.15, -0.1) is 0 Å². The van der Waals surface area contributed by atoms with Gasteiger partial charge >= 0.3 is 0 Å². The Kier molecular flexibility index (Phi) is 5.43. The fourth-order valence-corrected chi connectivity index (χ4v) is 3.04. The van der Waals surface area contributed by atoms with E-state index < -0.39 is 5.92 Å². The minimum absolute atomic E-state index is 0.0143. The van der Waals surface area contributed by atoms with Crippen LogP contribution in [0.2, 0.25) is 0 Å². The number of hydrogen-bond acceptors (Lipinski definition) is 3. The molecule has 3 nitrogen and oxygen atoms in total. The standard InChI is InChI=1S/C15H23F2N3/c16-15(17)7-1-2-13(11-15)10-14(20-18)4-3-12-5-8-19-9-6-12/h5-6,8-9,13-14,20H,1-4,7,10-11,18H2. The molecule has 0 spiro atoms. The SMILES string of the molecule is NNC(CCc1ccncc1)CC1CCCC(F)(F)C1. The molecule has 0 aliphatic heterocycles. The van der Waals surface area contributed by atoms with Crippen molar-refractivity contribution in [2.24, 2.45) is 11.8 Å². The van der Waals surface area contributed by atoms with Crippen LogP contribution >= 0.6 is 0 Å². The Labute approximate surface area is 118 Å². The number of halogens is 2. The quantitative estimate of drug-likeness (QED) is 0.623. The third-order valence-electron chi connectivity index (χ3n) is 4.13. The van der Waals surface area contributed by atoms with Crippen LogP contribution in [0.1, 0.15) is 44.1 Å². The number of alkyl halides is 2. The van der Waals surface area contributed by atoms with Gasteiger partial charge in [-0.3, -0.25) is 16.3 Å². The van der Waals surface area contributed by atoms with Crippen molar-refractivity contribution in [1.29, 1.82) is 0 Å². The zero-order valence-electron chi connectivity index (χ0n) is 11.7. The van der Waals surface area contributed by atoms with E-state index in [4.69, 9.17) is 5.84 Å². The number of nitrogens with one attached hydrogen (secondary N) is 1. The van der Waals surface area contributed by atoms with Crippen LogP contribution in [0.4, 0.5) is 8.78 Å². The summed E-state index contributed by atoms with van der Waals surface area (Å²) < 4.78 is 26.8. The molecule has 0 amide bonds. The first-order valence-corrected chi connectivity index (χ1v) is 7.32. The van der Waals surface area contributed by atoms with Crippen molar-refractivity contribution < 1.29 is 8.78 Å². The summed E-state index contributed by atoms with van der Waals surface area (Å²) in [5.74, 6) is 3.17. The number of nitrogens with two attached hydrogens (primary N) is 1. The number of aryl methyl sites for hydroxylation is 1. The Morgan fingerprint density at radius 3 is 2.80 bits per heavy atom. The van der Waals surface area contributed by atoms with Gasteiger partial charge in [0.1, 0.15) is 0 Å². The van der Waals surface area contributed by atoms with E-state index in [-0.39, 0.29) is 24.8 Å². The van der Waals surface area contributed by atoms with E-state index in [0.717, 1.165) is 25.7 Å². The van der Waals surface area contributed by atoms with Gasteiger partial charge in [0.15, 0.2) is 0 Å². The molecule has 2 unspecified atom stereocenters. The van der Waals surface area contributed by atoms with Crippen LogP contribution in [-0.2, 0) is 6.42 Å². The first kappa shape index (κ1) is 15.3. The van der Waals surface area contributed by atoms with Crippen LogP contribution in [0.5, 0.6) is 0 Å².